The van der Waals surface area contributed by atoms with Gasteiger partial charge in [-0.05, 0) is 6.42 Å². The molecule has 1 saturated heterocycles. The Bertz CT molecular complexity index is 506. The van der Waals surface area contributed by atoms with Crippen LogP contribution in [0.5, 0.6) is 0 Å². The number of nitrogens with zero attached hydrogens (tertiary/aromatic N) is 2. The lowest BCUT2D eigenvalue weighted by atomic mass is 10.3. The lowest BCUT2D eigenvalue weighted by Crippen LogP contribution is -2.29. The van der Waals surface area contributed by atoms with Crippen LogP contribution in [0, 0.1) is 0 Å². The molecule has 1 aliphatic heterocycles. The molecule has 1 aliphatic rings. The normalized spacial score (nSPS) is 15.9. The van der Waals surface area contributed by atoms with E-state index in [9.17, 15) is 14.4 Å². The van der Waals surface area contributed by atoms with Crippen molar-refractivity contribution >= 4 is 17.6 Å². The standard InChI is InChI=1S/C10H11N3O3/c1-2-6-3-8(15)12-10(11-6)13-5-7(14)4-9(13)16/h3H,2,4-5H2,1H3,(H,11,12,15). The first-order chi connectivity index (χ1) is 7.60. The Morgan fingerprint density at radius 3 is 2.75 bits per heavy atom. The minimum atomic E-state index is -0.318. The number of ketones is 1. The number of nitrogens with one attached hydrogen (secondary N) is 1. The molecule has 0 aromatic carbocycles. The topological polar surface area (TPSA) is 83.1 Å². The Balaban J connectivity index is 2.40. The number of hydrogen-bond donors (Lipinski definition) is 1. The minimum absolute atomic E-state index is 0.00502. The zero-order chi connectivity index (χ0) is 11.7. The van der Waals surface area contributed by atoms with E-state index in [1.807, 2.05) is 6.92 Å². The second-order valence-corrected chi connectivity index (χ2v) is 3.61. The van der Waals surface area contributed by atoms with Gasteiger partial charge in [-0.2, -0.15) is 0 Å². The van der Waals surface area contributed by atoms with Crippen LogP contribution in [0.3, 0.4) is 0 Å². The lowest BCUT2D eigenvalue weighted by molar-refractivity contribution is -0.121. The predicted octanol–water partition coefficient (Wildman–Crippen LogP) is -0.362. The van der Waals surface area contributed by atoms with E-state index in [-0.39, 0.29) is 36.2 Å². The van der Waals surface area contributed by atoms with E-state index in [2.05, 4.69) is 9.97 Å². The number of aromatic nitrogens is 2. The van der Waals surface area contributed by atoms with Gasteiger partial charge in [-0.25, -0.2) is 4.98 Å². The summed E-state index contributed by atoms with van der Waals surface area (Å²) in [7, 11) is 0. The van der Waals surface area contributed by atoms with Gasteiger partial charge in [0.2, 0.25) is 11.9 Å². The second-order valence-electron chi connectivity index (χ2n) is 3.61. The highest BCUT2D eigenvalue weighted by molar-refractivity contribution is 6.14. The molecule has 0 radical (unpaired) electrons. The van der Waals surface area contributed by atoms with Crippen LogP contribution >= 0.6 is 0 Å². The molecular formula is C10H11N3O3. The smallest absolute Gasteiger partial charge is 0.252 e. The number of H-pyrrole nitrogens is 1. The average molecular weight is 221 g/mol. The van der Waals surface area contributed by atoms with Crippen molar-refractivity contribution in [3.8, 4) is 0 Å². The number of anilines is 1. The molecule has 2 heterocycles. The molecule has 1 aromatic rings. The second kappa shape index (κ2) is 3.88. The van der Waals surface area contributed by atoms with E-state index in [1.165, 1.54) is 11.0 Å². The molecule has 16 heavy (non-hydrogen) atoms. The van der Waals surface area contributed by atoms with Gasteiger partial charge in [0.25, 0.3) is 5.56 Å². The summed E-state index contributed by atoms with van der Waals surface area (Å²) >= 11 is 0. The fraction of sp³-hybridized carbons (Fsp3) is 0.400. The highest BCUT2D eigenvalue weighted by Crippen LogP contribution is 2.13. The zero-order valence-corrected chi connectivity index (χ0v) is 8.82. The van der Waals surface area contributed by atoms with Gasteiger partial charge in [0.15, 0.2) is 5.78 Å². The predicted molar refractivity (Wildman–Crippen MR) is 56.2 cm³/mol. The molecule has 0 saturated carbocycles. The molecule has 6 heteroatoms. The summed E-state index contributed by atoms with van der Waals surface area (Å²) < 4.78 is 0. The van der Waals surface area contributed by atoms with Crippen LogP contribution in [0.15, 0.2) is 10.9 Å². The number of rotatable bonds is 2. The summed E-state index contributed by atoms with van der Waals surface area (Å²) in [5.41, 5.74) is 0.292. The Hall–Kier alpha value is -1.98. The maximum atomic E-state index is 11.4. The maximum absolute atomic E-state index is 11.4. The van der Waals surface area contributed by atoms with Crippen LogP contribution in [0.1, 0.15) is 19.0 Å². The molecule has 1 aromatic heterocycles. The SMILES string of the molecule is CCc1cc(=O)[nH]c(N2CC(=O)CC2=O)n1. The number of amides is 1. The van der Waals surface area contributed by atoms with Crippen LogP contribution < -0.4 is 10.5 Å². The molecular weight excluding hydrogens is 210 g/mol. The van der Waals surface area contributed by atoms with Crippen molar-refractivity contribution in [2.45, 2.75) is 19.8 Å². The van der Waals surface area contributed by atoms with Crippen molar-refractivity contribution in [1.29, 1.82) is 0 Å². The van der Waals surface area contributed by atoms with Crippen molar-refractivity contribution in [1.82, 2.24) is 9.97 Å². The molecule has 1 amide bonds. The molecule has 0 unspecified atom stereocenters. The van der Waals surface area contributed by atoms with Crippen molar-refractivity contribution in [3.63, 3.8) is 0 Å². The third-order valence-corrected chi connectivity index (χ3v) is 2.38. The fourth-order valence-electron chi connectivity index (χ4n) is 1.58. The third kappa shape index (κ3) is 1.86. The number of aromatic amines is 1. The molecule has 84 valence electrons. The first-order valence-electron chi connectivity index (χ1n) is 5.02. The summed E-state index contributed by atoms with van der Waals surface area (Å²) in [6.07, 6.45) is 0.493. The van der Waals surface area contributed by atoms with E-state index in [0.717, 1.165) is 0 Å². The maximum Gasteiger partial charge on any atom is 0.252 e. The first-order valence-corrected chi connectivity index (χ1v) is 5.02. The van der Waals surface area contributed by atoms with E-state index in [0.29, 0.717) is 12.1 Å². The first kappa shape index (κ1) is 10.5. The third-order valence-electron chi connectivity index (χ3n) is 2.38. The Morgan fingerprint density at radius 2 is 2.19 bits per heavy atom. The Kier molecular flexibility index (Phi) is 2.55. The number of Topliss-reactive ketones (excluding diaryl/α,β-unsaturated/α-hetero) is 1. The van der Waals surface area contributed by atoms with E-state index >= 15 is 0 Å². The van der Waals surface area contributed by atoms with Crippen molar-refractivity contribution in [3.05, 3.63) is 22.1 Å². The van der Waals surface area contributed by atoms with Crippen LogP contribution in [-0.2, 0) is 16.0 Å². The van der Waals surface area contributed by atoms with Gasteiger partial charge in [0.1, 0.15) is 0 Å². The van der Waals surface area contributed by atoms with E-state index < -0.39 is 0 Å². The monoisotopic (exact) mass is 221 g/mol. The highest BCUT2D eigenvalue weighted by Gasteiger charge is 2.30. The molecule has 1 N–H and O–H groups in total. The molecule has 1 fully saturated rings. The van der Waals surface area contributed by atoms with Gasteiger partial charge in [-0.15, -0.1) is 0 Å². The zero-order valence-electron chi connectivity index (χ0n) is 8.82. The van der Waals surface area contributed by atoms with Crippen LogP contribution in [0.25, 0.3) is 0 Å². The van der Waals surface area contributed by atoms with E-state index in [4.69, 9.17) is 0 Å². The van der Waals surface area contributed by atoms with Crippen molar-refractivity contribution in [2.24, 2.45) is 0 Å². The number of carbonyl (C=O) groups is 2. The number of aryl methyl sites for hydroxylation is 1. The Labute approximate surface area is 91.3 Å². The molecule has 0 bridgehead atoms. The lowest BCUT2D eigenvalue weighted by Gasteiger charge is -2.13. The summed E-state index contributed by atoms with van der Waals surface area (Å²) in [6, 6.07) is 1.38. The van der Waals surface area contributed by atoms with Gasteiger partial charge in [-0.3, -0.25) is 24.3 Å². The highest BCUT2D eigenvalue weighted by atomic mass is 16.2. The molecule has 6 nitrogen and oxygen atoms in total. The van der Waals surface area contributed by atoms with E-state index in [1.54, 1.807) is 0 Å². The summed E-state index contributed by atoms with van der Waals surface area (Å²) in [5, 5.41) is 0. The van der Waals surface area contributed by atoms with Crippen molar-refractivity contribution < 1.29 is 9.59 Å². The van der Waals surface area contributed by atoms with Gasteiger partial charge in [0.05, 0.1) is 13.0 Å². The number of hydrogen-bond acceptors (Lipinski definition) is 4. The van der Waals surface area contributed by atoms with Crippen molar-refractivity contribution in [2.75, 3.05) is 11.4 Å². The van der Waals surface area contributed by atoms with Crippen LogP contribution in [-0.4, -0.2) is 28.2 Å². The van der Waals surface area contributed by atoms with Gasteiger partial charge < -0.3 is 0 Å². The summed E-state index contributed by atoms with van der Waals surface area (Å²) in [4.78, 5) is 41.6. The number of carbonyl (C=O) groups excluding carboxylic acids is 2. The molecule has 2 rings (SSSR count). The summed E-state index contributed by atoms with van der Waals surface area (Å²) in [5.74, 6) is -0.309. The van der Waals surface area contributed by atoms with Gasteiger partial charge in [0, 0.05) is 11.8 Å². The summed E-state index contributed by atoms with van der Waals surface area (Å²) in [6.45, 7) is 1.86. The van der Waals surface area contributed by atoms with Gasteiger partial charge in [-0.1, -0.05) is 6.92 Å². The van der Waals surface area contributed by atoms with Crippen LogP contribution in [0.2, 0.25) is 0 Å². The van der Waals surface area contributed by atoms with Gasteiger partial charge >= 0.3 is 0 Å². The molecule has 0 aliphatic carbocycles. The Morgan fingerprint density at radius 1 is 1.44 bits per heavy atom. The molecule has 0 atom stereocenters. The van der Waals surface area contributed by atoms with Crippen LogP contribution in [0.4, 0.5) is 5.95 Å². The largest absolute Gasteiger partial charge is 0.297 e. The average Bonchev–Trinajstić information content (AvgIpc) is 2.57. The fourth-order valence-corrected chi connectivity index (χ4v) is 1.58. The molecule has 0 spiro atoms. The quantitative estimate of drug-likeness (QED) is 0.691. The minimum Gasteiger partial charge on any atom is -0.297 e.